The van der Waals surface area contributed by atoms with Crippen molar-refractivity contribution >= 4 is 19.7 Å². The SMILES string of the molecule is CN(c1ccccc1)c1cccc(CCNCCCO[Si](C)(C)C(C)(C)C)c1. The molecule has 4 heteroatoms. The van der Waals surface area contributed by atoms with E-state index in [0.717, 1.165) is 32.5 Å². The molecule has 0 bridgehead atoms. The highest BCUT2D eigenvalue weighted by atomic mass is 28.4. The number of hydrogen-bond donors (Lipinski definition) is 1. The van der Waals surface area contributed by atoms with Crippen molar-refractivity contribution in [3.05, 3.63) is 60.2 Å². The van der Waals surface area contributed by atoms with Gasteiger partial charge in [0.1, 0.15) is 0 Å². The van der Waals surface area contributed by atoms with E-state index in [4.69, 9.17) is 4.43 Å². The van der Waals surface area contributed by atoms with Gasteiger partial charge in [0, 0.05) is 25.0 Å². The molecule has 0 spiro atoms. The van der Waals surface area contributed by atoms with Crippen LogP contribution in [0.2, 0.25) is 18.1 Å². The summed E-state index contributed by atoms with van der Waals surface area (Å²) in [5, 5.41) is 3.85. The summed E-state index contributed by atoms with van der Waals surface area (Å²) in [5.74, 6) is 0. The highest BCUT2D eigenvalue weighted by molar-refractivity contribution is 6.74. The largest absolute Gasteiger partial charge is 0.417 e. The lowest BCUT2D eigenvalue weighted by molar-refractivity contribution is 0.280. The smallest absolute Gasteiger partial charge is 0.191 e. The van der Waals surface area contributed by atoms with Gasteiger partial charge in [-0.3, -0.25) is 0 Å². The number of hydrogen-bond acceptors (Lipinski definition) is 3. The van der Waals surface area contributed by atoms with Crippen LogP contribution in [0.4, 0.5) is 11.4 Å². The zero-order valence-electron chi connectivity index (χ0n) is 18.6. The van der Waals surface area contributed by atoms with Gasteiger partial charge in [-0.25, -0.2) is 0 Å². The molecule has 0 aromatic heterocycles. The van der Waals surface area contributed by atoms with Gasteiger partial charge in [-0.05, 0) is 73.9 Å². The van der Waals surface area contributed by atoms with Gasteiger partial charge in [0.15, 0.2) is 8.32 Å². The maximum absolute atomic E-state index is 6.24. The van der Waals surface area contributed by atoms with E-state index < -0.39 is 8.32 Å². The number of nitrogens with one attached hydrogen (secondary N) is 1. The lowest BCUT2D eigenvalue weighted by atomic mass is 10.1. The van der Waals surface area contributed by atoms with E-state index in [1.165, 1.54) is 16.9 Å². The number of para-hydroxylation sites is 1. The number of rotatable bonds is 10. The van der Waals surface area contributed by atoms with Gasteiger partial charge in [-0.15, -0.1) is 0 Å². The second-order valence-electron chi connectivity index (χ2n) is 9.03. The zero-order valence-corrected chi connectivity index (χ0v) is 19.6. The normalized spacial score (nSPS) is 12.2. The highest BCUT2D eigenvalue weighted by Crippen LogP contribution is 2.36. The lowest BCUT2D eigenvalue weighted by Crippen LogP contribution is -2.41. The maximum atomic E-state index is 6.24. The molecule has 0 unspecified atom stereocenters. The molecule has 0 aliphatic rings. The van der Waals surface area contributed by atoms with Gasteiger partial charge in [-0.1, -0.05) is 51.1 Å². The van der Waals surface area contributed by atoms with Crippen LogP contribution in [0, 0.1) is 0 Å². The summed E-state index contributed by atoms with van der Waals surface area (Å²) in [5.41, 5.74) is 3.80. The van der Waals surface area contributed by atoms with Gasteiger partial charge in [0.2, 0.25) is 0 Å². The summed E-state index contributed by atoms with van der Waals surface area (Å²) in [6.07, 6.45) is 2.11. The Labute approximate surface area is 173 Å². The summed E-state index contributed by atoms with van der Waals surface area (Å²) in [4.78, 5) is 2.23. The molecule has 2 rings (SSSR count). The van der Waals surface area contributed by atoms with E-state index in [1.54, 1.807) is 0 Å². The predicted octanol–water partition coefficient (Wildman–Crippen LogP) is 6.00. The Kier molecular flexibility index (Phi) is 8.29. The fraction of sp³-hybridized carbons (Fsp3) is 0.500. The monoisotopic (exact) mass is 398 g/mol. The molecular weight excluding hydrogens is 360 g/mol. The standard InChI is InChI=1S/C24H38N2OSi/c1-24(2,3)28(5,6)27-19-11-17-25-18-16-21-12-10-15-23(20-21)26(4)22-13-8-7-9-14-22/h7-10,12-15,20,25H,11,16-19H2,1-6H3. The third-order valence-electron chi connectivity index (χ3n) is 5.80. The molecule has 0 radical (unpaired) electrons. The van der Waals surface area contributed by atoms with Crippen LogP contribution in [0.25, 0.3) is 0 Å². The van der Waals surface area contributed by atoms with Crippen molar-refractivity contribution in [1.82, 2.24) is 5.32 Å². The molecule has 0 heterocycles. The van der Waals surface area contributed by atoms with Gasteiger partial charge in [0.25, 0.3) is 0 Å². The Bertz CT molecular complexity index is 710. The van der Waals surface area contributed by atoms with Crippen LogP contribution in [0.15, 0.2) is 54.6 Å². The first-order chi connectivity index (χ1) is 13.2. The molecule has 0 saturated heterocycles. The summed E-state index contributed by atoms with van der Waals surface area (Å²) >= 11 is 0. The minimum atomic E-state index is -1.60. The number of nitrogens with zero attached hydrogens (tertiary/aromatic N) is 1. The Morgan fingerprint density at radius 2 is 1.61 bits per heavy atom. The zero-order chi connectivity index (χ0) is 20.6. The maximum Gasteiger partial charge on any atom is 0.191 e. The van der Waals surface area contributed by atoms with Gasteiger partial charge in [-0.2, -0.15) is 0 Å². The number of anilines is 2. The molecule has 0 saturated carbocycles. The average Bonchev–Trinajstić information content (AvgIpc) is 2.66. The van der Waals surface area contributed by atoms with Crippen LogP contribution < -0.4 is 10.2 Å². The molecule has 0 aliphatic heterocycles. The second kappa shape index (κ2) is 10.2. The van der Waals surface area contributed by atoms with E-state index in [1.807, 2.05) is 0 Å². The van der Waals surface area contributed by atoms with E-state index in [-0.39, 0.29) is 0 Å². The first-order valence-corrected chi connectivity index (χ1v) is 13.3. The quantitative estimate of drug-likeness (QED) is 0.392. The van der Waals surface area contributed by atoms with Crippen molar-refractivity contribution < 1.29 is 4.43 Å². The fourth-order valence-corrected chi connectivity index (χ4v) is 3.91. The van der Waals surface area contributed by atoms with Crippen molar-refractivity contribution in [2.75, 3.05) is 31.6 Å². The molecule has 154 valence electrons. The first kappa shape index (κ1) is 22.7. The summed E-state index contributed by atoms with van der Waals surface area (Å²) < 4.78 is 6.24. The van der Waals surface area contributed by atoms with Crippen LogP contribution in [0.1, 0.15) is 32.8 Å². The molecule has 3 nitrogen and oxygen atoms in total. The Morgan fingerprint density at radius 3 is 2.29 bits per heavy atom. The molecule has 0 aliphatic carbocycles. The second-order valence-corrected chi connectivity index (χ2v) is 13.8. The van der Waals surface area contributed by atoms with Gasteiger partial charge < -0.3 is 14.6 Å². The predicted molar refractivity (Wildman–Crippen MR) is 125 cm³/mol. The number of benzene rings is 2. The van der Waals surface area contributed by atoms with Crippen LogP contribution in [-0.2, 0) is 10.8 Å². The highest BCUT2D eigenvalue weighted by Gasteiger charge is 2.36. The minimum Gasteiger partial charge on any atom is -0.417 e. The van der Waals surface area contributed by atoms with E-state index in [9.17, 15) is 0 Å². The average molecular weight is 399 g/mol. The third-order valence-corrected chi connectivity index (χ3v) is 10.3. The minimum absolute atomic E-state index is 0.290. The van der Waals surface area contributed by atoms with E-state index in [2.05, 4.69) is 106 Å². The summed E-state index contributed by atoms with van der Waals surface area (Å²) in [7, 11) is 0.516. The Balaban J connectivity index is 1.71. The molecule has 2 aromatic carbocycles. The van der Waals surface area contributed by atoms with E-state index in [0.29, 0.717) is 5.04 Å². The summed E-state index contributed by atoms with van der Waals surface area (Å²) in [6.45, 7) is 14.4. The first-order valence-electron chi connectivity index (χ1n) is 10.4. The van der Waals surface area contributed by atoms with Crippen LogP contribution in [0.3, 0.4) is 0 Å². The van der Waals surface area contributed by atoms with Gasteiger partial charge in [0.05, 0.1) is 0 Å². The van der Waals surface area contributed by atoms with Gasteiger partial charge >= 0.3 is 0 Å². The Hall–Kier alpha value is -1.62. The molecule has 0 fully saturated rings. The molecule has 0 atom stereocenters. The van der Waals surface area contributed by atoms with Crippen LogP contribution >= 0.6 is 0 Å². The molecule has 0 amide bonds. The van der Waals surface area contributed by atoms with Crippen molar-refractivity contribution in [3.63, 3.8) is 0 Å². The van der Waals surface area contributed by atoms with Crippen molar-refractivity contribution in [2.24, 2.45) is 0 Å². The van der Waals surface area contributed by atoms with Crippen LogP contribution in [0.5, 0.6) is 0 Å². The van der Waals surface area contributed by atoms with Crippen molar-refractivity contribution in [1.29, 1.82) is 0 Å². The molecule has 28 heavy (non-hydrogen) atoms. The third kappa shape index (κ3) is 6.76. The molecular formula is C24H38N2OSi. The topological polar surface area (TPSA) is 24.5 Å². The van der Waals surface area contributed by atoms with E-state index >= 15 is 0 Å². The molecule has 1 N–H and O–H groups in total. The van der Waals surface area contributed by atoms with Crippen molar-refractivity contribution in [3.8, 4) is 0 Å². The van der Waals surface area contributed by atoms with Crippen molar-refractivity contribution in [2.45, 2.75) is 51.7 Å². The van der Waals surface area contributed by atoms with Crippen LogP contribution in [-0.4, -0.2) is 35.1 Å². The molecule has 2 aromatic rings. The fourth-order valence-electron chi connectivity index (χ4n) is 2.82. The summed E-state index contributed by atoms with van der Waals surface area (Å²) in [6, 6.07) is 19.3. The Morgan fingerprint density at radius 1 is 0.929 bits per heavy atom. The lowest BCUT2D eigenvalue weighted by Gasteiger charge is -2.36.